The first-order valence-corrected chi connectivity index (χ1v) is 11.0. The minimum Gasteiger partial charge on any atom is -0.345 e. The number of nitrogens with zero attached hydrogens (tertiary/aromatic N) is 2. The standard InChI is InChI=1S/C25H27FN4O2/c1-17-15-19(26)9-10-22(17)29-23(31)11-8-18-5-4-14-30(16-18)25(32)21-7-3-2-6-20(21)24-27-12-13-28-24/h2-3,6-7,9-10,12-13,15,18H,4-5,8,11,14,16H2,1H3,(H,27,28)(H,29,31)/t18-/m0/s1. The van der Waals surface area contributed by atoms with Crippen LogP contribution >= 0.6 is 0 Å². The molecule has 1 atom stereocenters. The largest absolute Gasteiger partial charge is 0.345 e. The van der Waals surface area contributed by atoms with Gasteiger partial charge in [-0.2, -0.15) is 0 Å². The Morgan fingerprint density at radius 3 is 2.88 bits per heavy atom. The van der Waals surface area contributed by atoms with Crippen molar-refractivity contribution in [3.8, 4) is 11.4 Å². The molecule has 3 aromatic rings. The molecular formula is C25H27FN4O2. The van der Waals surface area contributed by atoms with Gasteiger partial charge < -0.3 is 15.2 Å². The summed E-state index contributed by atoms with van der Waals surface area (Å²) in [5.41, 5.74) is 2.75. The minimum atomic E-state index is -0.318. The first-order chi connectivity index (χ1) is 15.5. The van der Waals surface area contributed by atoms with Crippen LogP contribution < -0.4 is 5.32 Å². The lowest BCUT2D eigenvalue weighted by Crippen LogP contribution is -2.40. The monoisotopic (exact) mass is 434 g/mol. The van der Waals surface area contributed by atoms with E-state index < -0.39 is 0 Å². The number of aryl methyl sites for hydroxylation is 1. The summed E-state index contributed by atoms with van der Waals surface area (Å²) < 4.78 is 13.3. The number of amides is 2. The summed E-state index contributed by atoms with van der Waals surface area (Å²) in [5, 5.41) is 2.86. The molecule has 1 aromatic heterocycles. The summed E-state index contributed by atoms with van der Waals surface area (Å²) in [6.45, 7) is 3.11. The summed E-state index contributed by atoms with van der Waals surface area (Å²) in [7, 11) is 0. The van der Waals surface area contributed by atoms with Crippen molar-refractivity contribution >= 4 is 17.5 Å². The van der Waals surface area contributed by atoms with E-state index in [1.54, 1.807) is 25.4 Å². The third kappa shape index (κ3) is 5.04. The van der Waals surface area contributed by atoms with E-state index in [1.807, 2.05) is 29.2 Å². The van der Waals surface area contributed by atoms with Gasteiger partial charge in [-0.15, -0.1) is 0 Å². The number of nitrogens with one attached hydrogen (secondary N) is 2. The number of imidazole rings is 1. The highest BCUT2D eigenvalue weighted by molar-refractivity contribution is 6.00. The fraction of sp³-hybridized carbons (Fsp3) is 0.320. The SMILES string of the molecule is Cc1cc(F)ccc1NC(=O)CC[C@@H]1CCCN(C(=O)c2ccccc2-c2ncc[nH]2)C1. The Hall–Kier alpha value is -3.48. The average Bonchev–Trinajstić information content (AvgIpc) is 3.34. The molecule has 0 radical (unpaired) electrons. The van der Waals surface area contributed by atoms with Gasteiger partial charge in [-0.05, 0) is 61.9 Å². The number of benzene rings is 2. The van der Waals surface area contributed by atoms with Gasteiger partial charge in [-0.1, -0.05) is 18.2 Å². The number of carbonyl (C=O) groups excluding carboxylic acids is 2. The van der Waals surface area contributed by atoms with Gasteiger partial charge in [-0.25, -0.2) is 9.37 Å². The van der Waals surface area contributed by atoms with E-state index in [2.05, 4.69) is 15.3 Å². The second-order valence-corrected chi connectivity index (χ2v) is 8.29. The fourth-order valence-electron chi connectivity index (χ4n) is 4.26. The Morgan fingerprint density at radius 2 is 2.09 bits per heavy atom. The maximum atomic E-state index is 13.3. The number of likely N-dealkylation sites (tertiary alicyclic amines) is 1. The van der Waals surface area contributed by atoms with E-state index in [-0.39, 0.29) is 23.5 Å². The molecule has 1 aliphatic rings. The van der Waals surface area contributed by atoms with Gasteiger partial charge in [0.25, 0.3) is 5.91 Å². The van der Waals surface area contributed by atoms with Crippen LogP contribution in [0.25, 0.3) is 11.4 Å². The molecule has 2 amide bonds. The normalized spacial score (nSPS) is 16.1. The zero-order chi connectivity index (χ0) is 22.5. The zero-order valence-corrected chi connectivity index (χ0v) is 18.1. The molecule has 0 aliphatic carbocycles. The zero-order valence-electron chi connectivity index (χ0n) is 18.1. The summed E-state index contributed by atoms with van der Waals surface area (Å²) >= 11 is 0. The molecule has 1 saturated heterocycles. The van der Waals surface area contributed by atoms with E-state index in [9.17, 15) is 14.0 Å². The van der Waals surface area contributed by atoms with Crippen molar-refractivity contribution in [1.29, 1.82) is 0 Å². The molecule has 2 aromatic carbocycles. The predicted octanol–water partition coefficient (Wildman–Crippen LogP) is 4.80. The Kier molecular flexibility index (Phi) is 6.63. The van der Waals surface area contributed by atoms with Crippen LogP contribution in [0.15, 0.2) is 54.9 Å². The van der Waals surface area contributed by atoms with Gasteiger partial charge in [0.15, 0.2) is 0 Å². The molecule has 4 rings (SSSR count). The topological polar surface area (TPSA) is 78.1 Å². The van der Waals surface area contributed by atoms with Crippen molar-refractivity contribution < 1.29 is 14.0 Å². The van der Waals surface area contributed by atoms with Crippen LogP contribution in [0, 0.1) is 18.7 Å². The van der Waals surface area contributed by atoms with Crippen molar-refractivity contribution in [3.63, 3.8) is 0 Å². The third-order valence-electron chi connectivity index (χ3n) is 5.96. The number of piperidine rings is 1. The Balaban J connectivity index is 1.36. The number of rotatable bonds is 6. The molecule has 7 heteroatoms. The van der Waals surface area contributed by atoms with E-state index in [0.29, 0.717) is 48.6 Å². The lowest BCUT2D eigenvalue weighted by Gasteiger charge is -2.33. The highest BCUT2D eigenvalue weighted by atomic mass is 19.1. The summed E-state index contributed by atoms with van der Waals surface area (Å²) in [6, 6.07) is 11.8. The van der Waals surface area contributed by atoms with Crippen LogP contribution in [0.2, 0.25) is 0 Å². The van der Waals surface area contributed by atoms with Gasteiger partial charge >= 0.3 is 0 Å². The molecule has 2 heterocycles. The molecule has 2 N–H and O–H groups in total. The summed E-state index contributed by atoms with van der Waals surface area (Å²) in [4.78, 5) is 34.9. The summed E-state index contributed by atoms with van der Waals surface area (Å²) in [6.07, 6.45) is 6.39. The van der Waals surface area contributed by atoms with Gasteiger partial charge in [0.2, 0.25) is 5.91 Å². The van der Waals surface area contributed by atoms with Crippen molar-refractivity contribution in [2.45, 2.75) is 32.6 Å². The van der Waals surface area contributed by atoms with Gasteiger partial charge in [0.05, 0.1) is 5.56 Å². The van der Waals surface area contributed by atoms with Crippen LogP contribution in [0.5, 0.6) is 0 Å². The molecule has 0 unspecified atom stereocenters. The van der Waals surface area contributed by atoms with Crippen LogP contribution in [0.1, 0.15) is 41.6 Å². The molecule has 1 fully saturated rings. The summed E-state index contributed by atoms with van der Waals surface area (Å²) in [5.74, 6) is 0.527. The maximum Gasteiger partial charge on any atom is 0.254 e. The Labute approximate surface area is 186 Å². The second-order valence-electron chi connectivity index (χ2n) is 8.29. The van der Waals surface area contributed by atoms with E-state index in [0.717, 1.165) is 18.4 Å². The van der Waals surface area contributed by atoms with Crippen molar-refractivity contribution in [1.82, 2.24) is 14.9 Å². The average molecular weight is 435 g/mol. The van der Waals surface area contributed by atoms with E-state index in [1.165, 1.54) is 12.1 Å². The van der Waals surface area contributed by atoms with E-state index >= 15 is 0 Å². The molecule has 6 nitrogen and oxygen atoms in total. The van der Waals surface area contributed by atoms with Crippen molar-refractivity contribution in [3.05, 3.63) is 71.8 Å². The smallest absolute Gasteiger partial charge is 0.254 e. The van der Waals surface area contributed by atoms with Crippen LogP contribution in [-0.4, -0.2) is 39.8 Å². The number of aromatic amines is 1. The highest BCUT2D eigenvalue weighted by Gasteiger charge is 2.26. The number of hydrogen-bond donors (Lipinski definition) is 2. The quantitative estimate of drug-likeness (QED) is 0.585. The highest BCUT2D eigenvalue weighted by Crippen LogP contribution is 2.26. The second kappa shape index (κ2) is 9.77. The first kappa shape index (κ1) is 21.7. The minimum absolute atomic E-state index is 0.00640. The Bertz CT molecular complexity index is 1100. The van der Waals surface area contributed by atoms with Gasteiger partial charge in [0, 0.05) is 43.2 Å². The van der Waals surface area contributed by atoms with Crippen LogP contribution in [0.3, 0.4) is 0 Å². The molecule has 0 spiro atoms. The molecule has 0 bridgehead atoms. The van der Waals surface area contributed by atoms with Crippen LogP contribution in [-0.2, 0) is 4.79 Å². The van der Waals surface area contributed by atoms with Crippen molar-refractivity contribution in [2.24, 2.45) is 5.92 Å². The van der Waals surface area contributed by atoms with Crippen LogP contribution in [0.4, 0.5) is 10.1 Å². The first-order valence-electron chi connectivity index (χ1n) is 11.0. The molecular weight excluding hydrogens is 407 g/mol. The van der Waals surface area contributed by atoms with Gasteiger partial charge in [0.1, 0.15) is 11.6 Å². The third-order valence-corrected chi connectivity index (χ3v) is 5.96. The predicted molar refractivity (Wildman–Crippen MR) is 122 cm³/mol. The fourth-order valence-corrected chi connectivity index (χ4v) is 4.26. The molecule has 166 valence electrons. The number of aromatic nitrogens is 2. The van der Waals surface area contributed by atoms with Crippen molar-refractivity contribution in [2.75, 3.05) is 18.4 Å². The molecule has 1 aliphatic heterocycles. The maximum absolute atomic E-state index is 13.3. The molecule has 0 saturated carbocycles. The lowest BCUT2D eigenvalue weighted by atomic mass is 9.92. The molecule has 32 heavy (non-hydrogen) atoms. The number of halogens is 1. The number of anilines is 1. The lowest BCUT2D eigenvalue weighted by molar-refractivity contribution is -0.116. The number of carbonyl (C=O) groups is 2. The Morgan fingerprint density at radius 1 is 1.25 bits per heavy atom. The van der Waals surface area contributed by atoms with E-state index in [4.69, 9.17) is 0 Å². The number of H-pyrrole nitrogens is 1. The van der Waals surface area contributed by atoms with Gasteiger partial charge in [-0.3, -0.25) is 9.59 Å². The number of hydrogen-bond acceptors (Lipinski definition) is 3.